The third-order valence-corrected chi connectivity index (χ3v) is 6.55. The number of fused-ring (bicyclic) bond motifs is 3. The number of likely N-dealkylation sites (tertiary alicyclic amines) is 1. The first-order chi connectivity index (χ1) is 15.9. The largest absolute Gasteiger partial charge is 0.480 e. The van der Waals surface area contributed by atoms with Crippen LogP contribution in [-0.2, 0) is 19.1 Å². The Hall–Kier alpha value is -3.39. The number of nitrogens with one attached hydrogen (secondary N) is 1. The van der Waals surface area contributed by atoms with E-state index >= 15 is 0 Å². The molecule has 1 heterocycles. The van der Waals surface area contributed by atoms with E-state index in [1.54, 1.807) is 6.92 Å². The molecule has 2 unspecified atom stereocenters. The van der Waals surface area contributed by atoms with Crippen molar-refractivity contribution in [1.82, 2.24) is 10.2 Å². The second kappa shape index (κ2) is 9.62. The fourth-order valence-electron chi connectivity index (χ4n) is 4.75. The van der Waals surface area contributed by atoms with Crippen molar-refractivity contribution in [2.75, 3.05) is 20.3 Å². The van der Waals surface area contributed by atoms with E-state index in [-0.39, 0.29) is 12.5 Å². The van der Waals surface area contributed by atoms with Crippen molar-refractivity contribution < 1.29 is 29.0 Å². The number of rotatable bonds is 7. The predicted octanol–water partition coefficient (Wildman–Crippen LogP) is 3.00. The summed E-state index contributed by atoms with van der Waals surface area (Å²) in [5, 5.41) is 12.0. The Morgan fingerprint density at radius 1 is 1.09 bits per heavy atom. The van der Waals surface area contributed by atoms with Gasteiger partial charge in [0.2, 0.25) is 5.91 Å². The number of carboxylic acid groups (broad SMARTS) is 1. The Kier molecular flexibility index (Phi) is 6.65. The van der Waals surface area contributed by atoms with Crippen molar-refractivity contribution in [3.05, 3.63) is 59.7 Å². The first-order valence-corrected chi connectivity index (χ1v) is 11.1. The molecule has 2 amide bonds. The van der Waals surface area contributed by atoms with Gasteiger partial charge in [-0.25, -0.2) is 9.59 Å². The molecule has 2 aromatic rings. The number of carboxylic acids is 1. The molecule has 0 spiro atoms. The monoisotopic (exact) mass is 452 g/mol. The van der Waals surface area contributed by atoms with Crippen LogP contribution in [0.5, 0.6) is 0 Å². The van der Waals surface area contributed by atoms with Crippen LogP contribution >= 0.6 is 0 Å². The molecule has 0 radical (unpaired) electrons. The number of hydrogen-bond acceptors (Lipinski definition) is 5. The van der Waals surface area contributed by atoms with Crippen LogP contribution in [0.4, 0.5) is 4.79 Å². The molecule has 4 rings (SSSR count). The van der Waals surface area contributed by atoms with Gasteiger partial charge in [0, 0.05) is 19.6 Å². The van der Waals surface area contributed by atoms with Gasteiger partial charge in [-0.2, -0.15) is 0 Å². The fraction of sp³-hybridized carbons (Fsp3) is 0.400. The topological polar surface area (TPSA) is 105 Å². The Morgan fingerprint density at radius 2 is 1.70 bits per heavy atom. The first-order valence-electron chi connectivity index (χ1n) is 11.1. The number of benzene rings is 2. The van der Waals surface area contributed by atoms with Crippen LogP contribution in [0.1, 0.15) is 36.8 Å². The normalized spacial score (nSPS) is 18.8. The quantitative estimate of drug-likeness (QED) is 0.669. The van der Waals surface area contributed by atoms with Crippen LogP contribution in [0.2, 0.25) is 0 Å². The molecule has 0 aromatic heterocycles. The van der Waals surface area contributed by atoms with E-state index < -0.39 is 36.2 Å². The van der Waals surface area contributed by atoms with Crippen molar-refractivity contribution in [2.45, 2.75) is 43.9 Å². The van der Waals surface area contributed by atoms with Crippen molar-refractivity contribution in [3.8, 4) is 11.1 Å². The lowest BCUT2D eigenvalue weighted by molar-refractivity contribution is -0.150. The second-order valence-electron chi connectivity index (χ2n) is 8.42. The zero-order valence-corrected chi connectivity index (χ0v) is 18.7. The van der Waals surface area contributed by atoms with Crippen molar-refractivity contribution >= 4 is 18.0 Å². The van der Waals surface area contributed by atoms with Gasteiger partial charge in [-0.1, -0.05) is 48.5 Å². The number of amides is 2. The molecule has 33 heavy (non-hydrogen) atoms. The second-order valence-corrected chi connectivity index (χ2v) is 8.42. The molecule has 1 saturated heterocycles. The molecule has 0 bridgehead atoms. The average molecular weight is 453 g/mol. The highest BCUT2D eigenvalue weighted by atomic mass is 16.5. The molecule has 2 aliphatic rings. The van der Waals surface area contributed by atoms with E-state index in [1.807, 2.05) is 36.4 Å². The minimum Gasteiger partial charge on any atom is -0.480 e. The highest BCUT2D eigenvalue weighted by Crippen LogP contribution is 2.44. The molecule has 1 aliphatic heterocycles. The van der Waals surface area contributed by atoms with Gasteiger partial charge in [0.1, 0.15) is 18.7 Å². The summed E-state index contributed by atoms with van der Waals surface area (Å²) >= 11 is 0. The van der Waals surface area contributed by atoms with Gasteiger partial charge in [0.15, 0.2) is 0 Å². The van der Waals surface area contributed by atoms with Crippen molar-refractivity contribution in [1.29, 1.82) is 0 Å². The molecule has 8 nitrogen and oxygen atoms in total. The lowest BCUT2D eigenvalue weighted by Crippen LogP contribution is -2.56. The Labute approximate surface area is 192 Å². The predicted molar refractivity (Wildman–Crippen MR) is 121 cm³/mol. The van der Waals surface area contributed by atoms with E-state index in [9.17, 15) is 19.5 Å². The van der Waals surface area contributed by atoms with Gasteiger partial charge in [0.05, 0.1) is 6.10 Å². The molecule has 2 aromatic carbocycles. The van der Waals surface area contributed by atoms with Crippen LogP contribution in [-0.4, -0.2) is 66.4 Å². The zero-order valence-electron chi connectivity index (χ0n) is 18.7. The highest BCUT2D eigenvalue weighted by Gasteiger charge is 2.40. The Bertz CT molecular complexity index is 1010. The Morgan fingerprint density at radius 3 is 2.27 bits per heavy atom. The molecule has 8 heteroatoms. The van der Waals surface area contributed by atoms with E-state index in [2.05, 4.69) is 17.4 Å². The third kappa shape index (κ3) is 4.43. The standard InChI is InChI=1S/C25H28N2O6/c1-15(32-2)22(23(28)27-13-7-12-21(27)24(29)30)26-25(31)33-14-20-18-10-5-3-8-16(18)17-9-4-6-11-19(17)20/h3-6,8-11,15,20-22H,7,12-14H2,1-2H3,(H,26,31)(H,29,30)/t15?,21-,22?/m0/s1. The summed E-state index contributed by atoms with van der Waals surface area (Å²) in [6, 6.07) is 14.1. The summed E-state index contributed by atoms with van der Waals surface area (Å²) in [5.74, 6) is -1.64. The van der Waals surface area contributed by atoms with Crippen LogP contribution in [0.25, 0.3) is 11.1 Å². The molecule has 3 atom stereocenters. The number of carbonyl (C=O) groups excluding carboxylic acids is 2. The van der Waals surface area contributed by atoms with Gasteiger partial charge in [-0.15, -0.1) is 0 Å². The Balaban J connectivity index is 1.46. The summed E-state index contributed by atoms with van der Waals surface area (Å²) in [7, 11) is 1.43. The molecular weight excluding hydrogens is 424 g/mol. The van der Waals surface area contributed by atoms with Crippen LogP contribution in [0.15, 0.2) is 48.5 Å². The maximum Gasteiger partial charge on any atom is 0.407 e. The van der Waals surface area contributed by atoms with Gasteiger partial charge in [-0.05, 0) is 42.0 Å². The van der Waals surface area contributed by atoms with Crippen LogP contribution in [0.3, 0.4) is 0 Å². The molecular formula is C25H28N2O6. The summed E-state index contributed by atoms with van der Waals surface area (Å²) in [5.41, 5.74) is 4.42. The minimum atomic E-state index is -1.05. The van der Waals surface area contributed by atoms with E-state index in [4.69, 9.17) is 9.47 Å². The zero-order chi connectivity index (χ0) is 23.5. The molecule has 174 valence electrons. The first kappa shape index (κ1) is 22.8. The number of carbonyl (C=O) groups is 3. The summed E-state index contributed by atoms with van der Waals surface area (Å²) in [4.78, 5) is 38.6. The van der Waals surface area contributed by atoms with Gasteiger partial charge in [-0.3, -0.25) is 4.79 Å². The third-order valence-electron chi connectivity index (χ3n) is 6.55. The lowest BCUT2D eigenvalue weighted by atomic mass is 9.98. The maximum absolute atomic E-state index is 13.1. The van der Waals surface area contributed by atoms with Gasteiger partial charge in [0.25, 0.3) is 0 Å². The SMILES string of the molecule is COC(C)C(NC(=O)OCC1c2ccccc2-c2ccccc21)C(=O)N1CCC[C@H]1C(=O)O. The number of methoxy groups -OCH3 is 1. The van der Waals surface area contributed by atoms with Gasteiger partial charge < -0.3 is 24.8 Å². The number of hydrogen-bond donors (Lipinski definition) is 2. The van der Waals surface area contributed by atoms with Crippen LogP contribution < -0.4 is 5.32 Å². The fourth-order valence-corrected chi connectivity index (χ4v) is 4.75. The minimum absolute atomic E-state index is 0.105. The number of nitrogens with zero attached hydrogens (tertiary/aromatic N) is 1. The summed E-state index contributed by atoms with van der Waals surface area (Å²) in [6.07, 6.45) is -0.417. The van der Waals surface area contributed by atoms with E-state index in [1.165, 1.54) is 12.0 Å². The average Bonchev–Trinajstić information content (AvgIpc) is 3.44. The highest BCUT2D eigenvalue weighted by molar-refractivity contribution is 5.90. The van der Waals surface area contributed by atoms with E-state index in [0.29, 0.717) is 19.4 Å². The van der Waals surface area contributed by atoms with E-state index in [0.717, 1.165) is 22.3 Å². The summed E-state index contributed by atoms with van der Waals surface area (Å²) < 4.78 is 10.9. The lowest BCUT2D eigenvalue weighted by Gasteiger charge is -2.29. The molecule has 2 N–H and O–H groups in total. The van der Waals surface area contributed by atoms with Crippen molar-refractivity contribution in [3.63, 3.8) is 0 Å². The molecule has 1 fully saturated rings. The molecule has 1 aliphatic carbocycles. The van der Waals surface area contributed by atoms with Crippen LogP contribution in [0, 0.1) is 0 Å². The smallest absolute Gasteiger partial charge is 0.407 e. The molecule has 0 saturated carbocycles. The maximum atomic E-state index is 13.1. The van der Waals surface area contributed by atoms with Gasteiger partial charge >= 0.3 is 12.1 Å². The number of aliphatic carboxylic acids is 1. The number of alkyl carbamates (subject to hydrolysis) is 1. The number of ether oxygens (including phenoxy) is 2. The summed E-state index contributed by atoms with van der Waals surface area (Å²) in [6.45, 7) is 2.09. The van der Waals surface area contributed by atoms with Crippen molar-refractivity contribution in [2.24, 2.45) is 0 Å².